The minimum atomic E-state index is -3.56. The van der Waals surface area contributed by atoms with Crippen molar-refractivity contribution >= 4 is 10.0 Å². The van der Waals surface area contributed by atoms with Crippen LogP contribution in [-0.2, 0) is 10.0 Å². The molecule has 1 aromatic rings. The number of benzene rings is 1. The van der Waals surface area contributed by atoms with Crippen LogP contribution in [0, 0.1) is 26.7 Å². The van der Waals surface area contributed by atoms with Gasteiger partial charge in [0.25, 0.3) is 0 Å². The van der Waals surface area contributed by atoms with Crippen LogP contribution < -0.4 is 4.72 Å². The van der Waals surface area contributed by atoms with Crippen molar-refractivity contribution in [1.29, 1.82) is 0 Å². The molecular weight excluding hydrogens is 282 g/mol. The molecule has 1 aromatic carbocycles. The van der Waals surface area contributed by atoms with Crippen LogP contribution in [-0.4, -0.2) is 14.5 Å². The predicted molar refractivity (Wildman–Crippen MR) is 87.9 cm³/mol. The van der Waals surface area contributed by atoms with Gasteiger partial charge in [-0.1, -0.05) is 44.5 Å². The number of hydrogen-bond acceptors (Lipinski definition) is 2. The summed E-state index contributed by atoms with van der Waals surface area (Å²) in [5.41, 5.74) is 5.29. The van der Waals surface area contributed by atoms with Crippen LogP contribution in [0.15, 0.2) is 35.4 Å². The van der Waals surface area contributed by atoms with E-state index in [0.29, 0.717) is 4.90 Å². The third-order valence-electron chi connectivity index (χ3n) is 3.72. The molecule has 116 valence electrons. The molecule has 0 unspecified atom stereocenters. The van der Waals surface area contributed by atoms with E-state index in [0.717, 1.165) is 23.1 Å². The van der Waals surface area contributed by atoms with Gasteiger partial charge in [-0.15, -0.1) is 5.73 Å². The van der Waals surface area contributed by atoms with E-state index in [2.05, 4.69) is 17.0 Å². The zero-order valence-electron chi connectivity index (χ0n) is 13.5. The lowest BCUT2D eigenvalue weighted by Gasteiger charge is -2.22. The van der Waals surface area contributed by atoms with Gasteiger partial charge in [-0.05, 0) is 43.9 Å². The topological polar surface area (TPSA) is 46.2 Å². The molecule has 0 aliphatic carbocycles. The van der Waals surface area contributed by atoms with Crippen molar-refractivity contribution in [2.24, 2.45) is 5.92 Å². The van der Waals surface area contributed by atoms with Gasteiger partial charge in [-0.2, -0.15) is 0 Å². The second kappa shape index (κ2) is 7.08. The molecule has 0 aliphatic heterocycles. The number of hydrogen-bond donors (Lipinski definition) is 1. The first-order valence-corrected chi connectivity index (χ1v) is 8.67. The Labute approximate surface area is 128 Å². The molecule has 0 saturated heterocycles. The Morgan fingerprint density at radius 1 is 1.29 bits per heavy atom. The van der Waals surface area contributed by atoms with E-state index in [9.17, 15) is 8.42 Å². The van der Waals surface area contributed by atoms with E-state index in [4.69, 9.17) is 0 Å². The van der Waals surface area contributed by atoms with Gasteiger partial charge in [-0.3, -0.25) is 0 Å². The summed E-state index contributed by atoms with van der Waals surface area (Å²) in [6.45, 7) is 13.2. The number of sulfonamides is 1. The van der Waals surface area contributed by atoms with Crippen molar-refractivity contribution in [3.63, 3.8) is 0 Å². The number of nitrogens with one attached hydrogen (secondary N) is 1. The van der Waals surface area contributed by atoms with Crippen LogP contribution in [0.4, 0.5) is 0 Å². The molecular formula is C17H25NO2S. The van der Waals surface area contributed by atoms with Crippen molar-refractivity contribution in [2.45, 2.75) is 52.0 Å². The molecule has 21 heavy (non-hydrogen) atoms. The van der Waals surface area contributed by atoms with Gasteiger partial charge < -0.3 is 0 Å². The lowest BCUT2D eigenvalue weighted by Crippen LogP contribution is -2.38. The maximum absolute atomic E-state index is 12.7. The lowest BCUT2D eigenvalue weighted by molar-refractivity contribution is 0.465. The minimum absolute atomic E-state index is 0.181. The third-order valence-corrected chi connectivity index (χ3v) is 5.48. The molecule has 1 rings (SSSR count). The normalized spacial score (nSPS) is 14.3. The minimum Gasteiger partial charge on any atom is -0.207 e. The standard InChI is InChI=1S/C17H25NO2S/c1-7-9-16(13(4)8-2)18-21(19,20)17-14(5)10-12(3)11-15(17)6/h9-11,13,16,18H,1,8H2,2-6H3/t13-,16+/m0/s1. The fourth-order valence-corrected chi connectivity index (χ4v) is 4.27. The monoisotopic (exact) mass is 307 g/mol. The van der Waals surface area contributed by atoms with Gasteiger partial charge in [0.05, 0.1) is 4.90 Å². The SMILES string of the molecule is C=C=C[C@@H](NS(=O)(=O)c1c(C)cc(C)cc1C)[C@@H](C)CC. The molecule has 0 spiro atoms. The zero-order chi connectivity index (χ0) is 16.2. The van der Waals surface area contributed by atoms with Crippen molar-refractivity contribution in [3.05, 3.63) is 47.2 Å². The average Bonchev–Trinajstić information content (AvgIpc) is 2.35. The van der Waals surface area contributed by atoms with Gasteiger partial charge in [0.15, 0.2) is 0 Å². The molecule has 4 heteroatoms. The molecule has 1 N–H and O–H groups in total. The van der Waals surface area contributed by atoms with Crippen LogP contribution in [0.3, 0.4) is 0 Å². The lowest BCUT2D eigenvalue weighted by atomic mass is 10.0. The Balaban J connectivity index is 3.26. The Bertz CT molecular complexity index is 632. The molecule has 0 heterocycles. The van der Waals surface area contributed by atoms with Crippen LogP contribution in [0.25, 0.3) is 0 Å². The Kier molecular flexibility index (Phi) is 5.97. The van der Waals surface area contributed by atoms with Crippen molar-refractivity contribution in [3.8, 4) is 0 Å². The van der Waals surface area contributed by atoms with Crippen molar-refractivity contribution in [2.75, 3.05) is 0 Å². The van der Waals surface area contributed by atoms with Crippen molar-refractivity contribution in [1.82, 2.24) is 4.72 Å². The number of aryl methyl sites for hydroxylation is 3. The average molecular weight is 307 g/mol. The summed E-state index contributed by atoms with van der Waals surface area (Å²) >= 11 is 0. The van der Waals surface area contributed by atoms with Crippen LogP contribution >= 0.6 is 0 Å². The van der Waals surface area contributed by atoms with Crippen LogP contribution in [0.2, 0.25) is 0 Å². The molecule has 0 aliphatic rings. The fraction of sp³-hybridized carbons (Fsp3) is 0.471. The van der Waals surface area contributed by atoms with Gasteiger partial charge in [-0.25, -0.2) is 13.1 Å². The summed E-state index contributed by atoms with van der Waals surface area (Å²) in [7, 11) is -3.56. The third kappa shape index (κ3) is 4.31. The van der Waals surface area contributed by atoms with Gasteiger partial charge in [0, 0.05) is 6.04 Å². The van der Waals surface area contributed by atoms with Gasteiger partial charge in [0.2, 0.25) is 10.0 Å². The highest BCUT2D eigenvalue weighted by Gasteiger charge is 2.25. The molecule has 3 nitrogen and oxygen atoms in total. The zero-order valence-corrected chi connectivity index (χ0v) is 14.3. The summed E-state index contributed by atoms with van der Waals surface area (Å²) < 4.78 is 28.2. The summed E-state index contributed by atoms with van der Waals surface area (Å²) in [6.07, 6.45) is 2.56. The highest BCUT2D eigenvalue weighted by atomic mass is 32.2. The largest absolute Gasteiger partial charge is 0.241 e. The maximum Gasteiger partial charge on any atom is 0.241 e. The fourth-order valence-electron chi connectivity index (χ4n) is 2.52. The molecule has 2 atom stereocenters. The first-order valence-electron chi connectivity index (χ1n) is 7.19. The summed E-state index contributed by atoms with van der Waals surface area (Å²) in [6, 6.07) is 3.49. The van der Waals surface area contributed by atoms with E-state index in [1.165, 1.54) is 0 Å². The van der Waals surface area contributed by atoms with E-state index in [1.54, 1.807) is 6.08 Å². The molecule has 0 aromatic heterocycles. The molecule has 0 amide bonds. The second-order valence-corrected chi connectivity index (χ2v) is 7.28. The van der Waals surface area contributed by atoms with Crippen molar-refractivity contribution < 1.29 is 8.42 Å². The summed E-state index contributed by atoms with van der Waals surface area (Å²) in [5, 5.41) is 0. The second-order valence-electron chi connectivity index (χ2n) is 5.63. The Hall–Kier alpha value is -1.35. The van der Waals surface area contributed by atoms with E-state index in [1.807, 2.05) is 46.8 Å². The summed E-state index contributed by atoms with van der Waals surface area (Å²) in [5.74, 6) is 0.181. The maximum atomic E-state index is 12.7. The van der Waals surface area contributed by atoms with E-state index in [-0.39, 0.29) is 12.0 Å². The van der Waals surface area contributed by atoms with Gasteiger partial charge in [0.1, 0.15) is 0 Å². The highest BCUT2D eigenvalue weighted by molar-refractivity contribution is 7.89. The molecule has 0 radical (unpaired) electrons. The van der Waals surface area contributed by atoms with Gasteiger partial charge >= 0.3 is 0 Å². The molecule has 0 bridgehead atoms. The Morgan fingerprint density at radius 2 is 1.81 bits per heavy atom. The van der Waals surface area contributed by atoms with Crippen LogP contribution in [0.5, 0.6) is 0 Å². The number of rotatable bonds is 6. The Morgan fingerprint density at radius 3 is 2.24 bits per heavy atom. The quantitative estimate of drug-likeness (QED) is 0.816. The highest BCUT2D eigenvalue weighted by Crippen LogP contribution is 2.23. The predicted octanol–water partition coefficient (Wildman–Crippen LogP) is 3.65. The molecule has 0 saturated carbocycles. The van der Waals surface area contributed by atoms with Crippen LogP contribution in [0.1, 0.15) is 37.0 Å². The molecule has 0 fully saturated rings. The van der Waals surface area contributed by atoms with E-state index >= 15 is 0 Å². The first-order chi connectivity index (χ1) is 9.72. The first kappa shape index (κ1) is 17.7. The smallest absolute Gasteiger partial charge is 0.207 e. The van der Waals surface area contributed by atoms with E-state index < -0.39 is 10.0 Å². The summed E-state index contributed by atoms with van der Waals surface area (Å²) in [4.78, 5) is 0.374.